The fourth-order valence-electron chi connectivity index (χ4n) is 2.54. The van der Waals surface area contributed by atoms with E-state index in [0.29, 0.717) is 30.8 Å². The molecule has 0 aliphatic carbocycles. The molecule has 1 aromatic heterocycles. The lowest BCUT2D eigenvalue weighted by Gasteiger charge is -2.33. The molecule has 1 unspecified atom stereocenters. The topological polar surface area (TPSA) is 97.5 Å². The summed E-state index contributed by atoms with van der Waals surface area (Å²) in [4.78, 5) is 26.8. The van der Waals surface area contributed by atoms with E-state index in [1.54, 1.807) is 12.1 Å². The minimum Gasteiger partial charge on any atom is -0.478 e. The first kappa shape index (κ1) is 15.2. The average Bonchev–Trinajstić information content (AvgIpc) is 3.08. The van der Waals surface area contributed by atoms with Crippen molar-refractivity contribution in [1.82, 2.24) is 19.9 Å². The van der Waals surface area contributed by atoms with Gasteiger partial charge in [-0.15, -0.1) is 0 Å². The van der Waals surface area contributed by atoms with Gasteiger partial charge in [0.25, 0.3) is 5.91 Å². The maximum atomic E-state index is 12.9. The van der Waals surface area contributed by atoms with Gasteiger partial charge in [0.1, 0.15) is 0 Å². The Kier molecular flexibility index (Phi) is 4.07. The number of benzene rings is 1. The van der Waals surface area contributed by atoms with Gasteiger partial charge in [0, 0.05) is 6.54 Å². The third-order valence-electron chi connectivity index (χ3n) is 3.59. The van der Waals surface area contributed by atoms with Gasteiger partial charge >= 0.3 is 5.97 Å². The number of carbonyl (C=O) groups excluding carboxylic acids is 1. The van der Waals surface area contributed by atoms with Gasteiger partial charge in [-0.05, 0) is 25.5 Å². The van der Waals surface area contributed by atoms with Gasteiger partial charge in [-0.1, -0.05) is 11.6 Å². The van der Waals surface area contributed by atoms with Crippen LogP contribution in [-0.2, 0) is 9.53 Å². The molecule has 1 atom stereocenters. The van der Waals surface area contributed by atoms with Gasteiger partial charge < -0.3 is 14.7 Å². The summed E-state index contributed by atoms with van der Waals surface area (Å²) in [7, 11) is 0. The van der Waals surface area contributed by atoms with Gasteiger partial charge in [-0.25, -0.2) is 4.79 Å². The van der Waals surface area contributed by atoms with Crippen LogP contribution in [0, 0.1) is 6.92 Å². The predicted octanol–water partition coefficient (Wildman–Crippen LogP) is 0.849. The van der Waals surface area contributed by atoms with E-state index in [-0.39, 0.29) is 0 Å². The van der Waals surface area contributed by atoms with E-state index in [1.807, 2.05) is 13.0 Å². The molecular weight excluding hydrogens is 300 g/mol. The Bertz CT molecular complexity index is 729. The van der Waals surface area contributed by atoms with Gasteiger partial charge in [-0.3, -0.25) is 4.79 Å². The highest BCUT2D eigenvalue weighted by atomic mass is 16.5. The first-order valence-corrected chi connectivity index (χ1v) is 7.20. The molecule has 8 nitrogen and oxygen atoms in total. The Labute approximate surface area is 132 Å². The number of nitrogens with zero attached hydrogens (tertiary/aromatic N) is 4. The second kappa shape index (κ2) is 6.17. The summed E-state index contributed by atoms with van der Waals surface area (Å²) >= 11 is 0. The first-order valence-electron chi connectivity index (χ1n) is 7.20. The largest absolute Gasteiger partial charge is 0.478 e. The highest BCUT2D eigenvalue weighted by Gasteiger charge is 2.34. The second-order valence-electron chi connectivity index (χ2n) is 5.25. The van der Waals surface area contributed by atoms with Crippen molar-refractivity contribution in [1.29, 1.82) is 0 Å². The maximum Gasteiger partial charge on any atom is 0.354 e. The molecular formula is C15H16N4O4. The molecule has 120 valence electrons. The van der Waals surface area contributed by atoms with E-state index in [9.17, 15) is 14.7 Å². The number of aliphatic carboxylic acids is 1. The molecule has 23 heavy (non-hydrogen) atoms. The van der Waals surface area contributed by atoms with Crippen molar-refractivity contribution in [2.75, 3.05) is 13.2 Å². The molecule has 1 aromatic carbocycles. The van der Waals surface area contributed by atoms with Crippen LogP contribution in [0.3, 0.4) is 0 Å². The summed E-state index contributed by atoms with van der Waals surface area (Å²) in [6.07, 6.45) is 2.35. The standard InChI is InChI=1S/C15H16N4O4/c1-10-3-4-12(19-16-5-6-17-19)11(9-10)13(20)18-7-2-8-23-14(18)15(21)22/h3-6,9,14H,2,7-8H2,1H3,(H,21,22). The number of aromatic nitrogens is 3. The highest BCUT2D eigenvalue weighted by Crippen LogP contribution is 2.21. The van der Waals surface area contributed by atoms with E-state index in [2.05, 4.69) is 10.2 Å². The number of ether oxygens (including phenoxy) is 1. The molecule has 1 amide bonds. The minimum absolute atomic E-state index is 0.322. The molecule has 1 N–H and O–H groups in total. The average molecular weight is 316 g/mol. The third kappa shape index (κ3) is 2.93. The summed E-state index contributed by atoms with van der Waals surface area (Å²) in [5.74, 6) is -1.59. The quantitative estimate of drug-likeness (QED) is 0.901. The van der Waals surface area contributed by atoms with E-state index >= 15 is 0 Å². The van der Waals surface area contributed by atoms with Crippen LogP contribution in [0.2, 0.25) is 0 Å². The first-order chi connectivity index (χ1) is 11.1. The molecule has 1 aliphatic rings. The van der Waals surface area contributed by atoms with E-state index in [0.717, 1.165) is 5.56 Å². The normalized spacial score (nSPS) is 18.0. The van der Waals surface area contributed by atoms with Crippen LogP contribution in [-0.4, -0.2) is 56.3 Å². The Hall–Kier alpha value is -2.74. The SMILES string of the molecule is Cc1ccc(-n2nccn2)c(C(=O)N2CCCOC2C(=O)O)c1. The van der Waals surface area contributed by atoms with Crippen LogP contribution in [0.15, 0.2) is 30.6 Å². The lowest BCUT2D eigenvalue weighted by Crippen LogP contribution is -2.50. The van der Waals surface area contributed by atoms with Crippen LogP contribution >= 0.6 is 0 Å². The molecule has 2 aromatic rings. The van der Waals surface area contributed by atoms with Crippen molar-refractivity contribution in [3.63, 3.8) is 0 Å². The Morgan fingerprint density at radius 3 is 2.74 bits per heavy atom. The predicted molar refractivity (Wildman–Crippen MR) is 79.1 cm³/mol. The smallest absolute Gasteiger partial charge is 0.354 e. The fraction of sp³-hybridized carbons (Fsp3) is 0.333. The summed E-state index contributed by atoms with van der Waals surface area (Å²) < 4.78 is 5.22. The molecule has 1 fully saturated rings. The van der Waals surface area contributed by atoms with Crippen LogP contribution < -0.4 is 0 Å². The Morgan fingerprint density at radius 1 is 1.30 bits per heavy atom. The summed E-state index contributed by atoms with van der Waals surface area (Å²) in [5, 5.41) is 17.4. The van der Waals surface area contributed by atoms with E-state index in [4.69, 9.17) is 4.74 Å². The molecule has 1 aliphatic heterocycles. The molecule has 3 rings (SSSR count). The van der Waals surface area contributed by atoms with E-state index in [1.165, 1.54) is 22.1 Å². The highest BCUT2D eigenvalue weighted by molar-refractivity contribution is 5.99. The monoisotopic (exact) mass is 316 g/mol. The Morgan fingerprint density at radius 2 is 2.04 bits per heavy atom. The zero-order valence-corrected chi connectivity index (χ0v) is 12.5. The van der Waals surface area contributed by atoms with Gasteiger partial charge in [0.05, 0.1) is 30.3 Å². The summed E-state index contributed by atoms with van der Waals surface area (Å²) in [6, 6.07) is 5.29. The van der Waals surface area contributed by atoms with E-state index < -0.39 is 18.1 Å². The van der Waals surface area contributed by atoms with Crippen molar-refractivity contribution in [2.24, 2.45) is 0 Å². The van der Waals surface area contributed by atoms with Crippen molar-refractivity contribution in [3.8, 4) is 5.69 Å². The Balaban J connectivity index is 2.01. The third-order valence-corrected chi connectivity index (χ3v) is 3.59. The van der Waals surface area contributed by atoms with Crippen molar-refractivity contribution in [3.05, 3.63) is 41.7 Å². The maximum absolute atomic E-state index is 12.9. The van der Waals surface area contributed by atoms with Crippen molar-refractivity contribution >= 4 is 11.9 Å². The van der Waals surface area contributed by atoms with Gasteiger partial charge in [0.2, 0.25) is 6.23 Å². The van der Waals surface area contributed by atoms with Crippen molar-refractivity contribution in [2.45, 2.75) is 19.6 Å². The fourth-order valence-corrected chi connectivity index (χ4v) is 2.54. The van der Waals surface area contributed by atoms with Crippen LogP contribution in [0.5, 0.6) is 0 Å². The molecule has 0 bridgehead atoms. The number of carboxylic acids is 1. The molecule has 0 radical (unpaired) electrons. The molecule has 2 heterocycles. The molecule has 0 spiro atoms. The minimum atomic E-state index is -1.27. The molecule has 8 heteroatoms. The molecule has 1 saturated heterocycles. The number of hydrogen-bond donors (Lipinski definition) is 1. The summed E-state index contributed by atoms with van der Waals surface area (Å²) in [5.41, 5.74) is 1.73. The zero-order valence-electron chi connectivity index (χ0n) is 12.5. The summed E-state index contributed by atoms with van der Waals surface area (Å²) in [6.45, 7) is 2.51. The lowest BCUT2D eigenvalue weighted by atomic mass is 10.1. The second-order valence-corrected chi connectivity index (χ2v) is 5.25. The number of carboxylic acid groups (broad SMARTS) is 1. The van der Waals surface area contributed by atoms with Crippen molar-refractivity contribution < 1.29 is 19.4 Å². The van der Waals surface area contributed by atoms with Crippen LogP contribution in [0.25, 0.3) is 5.69 Å². The number of carbonyl (C=O) groups is 2. The number of hydrogen-bond acceptors (Lipinski definition) is 5. The van der Waals surface area contributed by atoms with Crippen LogP contribution in [0.1, 0.15) is 22.3 Å². The lowest BCUT2D eigenvalue weighted by molar-refractivity contribution is -0.167. The number of amides is 1. The molecule has 0 saturated carbocycles. The zero-order chi connectivity index (χ0) is 16.4. The van der Waals surface area contributed by atoms with Gasteiger partial charge in [-0.2, -0.15) is 15.0 Å². The van der Waals surface area contributed by atoms with Crippen LogP contribution in [0.4, 0.5) is 0 Å². The number of rotatable bonds is 3. The van der Waals surface area contributed by atoms with Gasteiger partial charge in [0.15, 0.2) is 0 Å². The number of aryl methyl sites for hydroxylation is 1.